The summed E-state index contributed by atoms with van der Waals surface area (Å²) in [5.41, 5.74) is 6.70. The van der Waals surface area contributed by atoms with E-state index < -0.39 is 0 Å². The molecule has 0 radical (unpaired) electrons. The van der Waals surface area contributed by atoms with Crippen molar-refractivity contribution in [3.63, 3.8) is 0 Å². The first kappa shape index (κ1) is 31.0. The molecule has 0 fully saturated rings. The Kier molecular flexibility index (Phi) is 10.6. The molecule has 0 aliphatic rings. The number of hydrogen-bond donors (Lipinski definition) is 0. The molecule has 6 nitrogen and oxygen atoms in total. The molecule has 0 aliphatic heterocycles. The van der Waals surface area contributed by atoms with Crippen molar-refractivity contribution in [1.82, 2.24) is 8.52 Å². The number of nitrogens with zero attached hydrogens (tertiary/aromatic N) is 6. The zero-order valence-corrected chi connectivity index (χ0v) is 26.8. The minimum Gasteiger partial charge on any atom is -0.289 e. The molecule has 45 heavy (non-hydrogen) atoms. The summed E-state index contributed by atoms with van der Waals surface area (Å²) in [6.45, 7) is 4.14. The van der Waals surface area contributed by atoms with Gasteiger partial charge in [-0.25, -0.2) is 9.98 Å². The van der Waals surface area contributed by atoms with E-state index in [1.54, 1.807) is 0 Å². The summed E-state index contributed by atoms with van der Waals surface area (Å²) in [5, 5.41) is 0. The minimum atomic E-state index is 0.631. The van der Waals surface area contributed by atoms with Crippen LogP contribution in [0.5, 0.6) is 0 Å². The first-order valence-electron chi connectivity index (χ1n) is 14.7. The normalized spacial score (nSPS) is 12.5. The molecule has 0 unspecified atom stereocenters. The van der Waals surface area contributed by atoms with Crippen LogP contribution in [0.25, 0.3) is 0 Å². The molecular weight excluding hydrogens is 573 g/mol. The molecule has 0 bridgehead atoms. The van der Waals surface area contributed by atoms with Gasteiger partial charge in [-0.3, -0.25) is 8.52 Å². The highest BCUT2D eigenvalue weighted by molar-refractivity contribution is 7.03. The van der Waals surface area contributed by atoms with E-state index in [1.165, 1.54) is 22.7 Å². The Hall–Kier alpha value is -5.40. The summed E-state index contributed by atoms with van der Waals surface area (Å²) in [7, 11) is 3.95. The lowest BCUT2D eigenvalue weighted by molar-refractivity contribution is 0.742. The SMILES string of the molecule is Cc1ccc(N=C(N=c2sn(C)c(=NC(=Nc3ccc(C)cc3)c3ccccc3)n2C)c2ccccc2)cc1.c1ccccc1. The van der Waals surface area contributed by atoms with Crippen LogP contribution >= 0.6 is 11.5 Å². The van der Waals surface area contributed by atoms with Gasteiger partial charge in [-0.2, -0.15) is 9.98 Å². The Morgan fingerprint density at radius 2 is 0.867 bits per heavy atom. The fourth-order valence-corrected chi connectivity index (χ4v) is 5.12. The van der Waals surface area contributed by atoms with Crippen LogP contribution < -0.4 is 10.4 Å². The second kappa shape index (κ2) is 15.4. The molecule has 0 aliphatic carbocycles. The van der Waals surface area contributed by atoms with Gasteiger partial charge in [0.2, 0.25) is 10.4 Å². The second-order valence-corrected chi connectivity index (χ2v) is 11.5. The summed E-state index contributed by atoms with van der Waals surface area (Å²) in [5.74, 6) is 1.27. The van der Waals surface area contributed by atoms with Crippen LogP contribution in [0.1, 0.15) is 22.3 Å². The predicted molar refractivity (Wildman–Crippen MR) is 187 cm³/mol. The summed E-state index contributed by atoms with van der Waals surface area (Å²) in [4.78, 5) is 20.6. The maximum atomic E-state index is 5.03. The van der Waals surface area contributed by atoms with Crippen molar-refractivity contribution in [2.75, 3.05) is 0 Å². The number of aryl methyl sites for hydroxylation is 3. The Bertz CT molecular complexity index is 1970. The van der Waals surface area contributed by atoms with Gasteiger partial charge in [0, 0.05) is 25.2 Å². The zero-order valence-electron chi connectivity index (χ0n) is 25.9. The van der Waals surface area contributed by atoms with Gasteiger partial charge < -0.3 is 0 Å². The second-order valence-electron chi connectivity index (χ2n) is 10.4. The van der Waals surface area contributed by atoms with E-state index in [0.717, 1.165) is 32.9 Å². The third kappa shape index (κ3) is 8.81. The summed E-state index contributed by atoms with van der Waals surface area (Å²) < 4.78 is 3.98. The average Bonchev–Trinajstić information content (AvgIpc) is 3.35. The van der Waals surface area contributed by atoms with Crippen LogP contribution in [0.4, 0.5) is 11.4 Å². The lowest BCUT2D eigenvalue weighted by Gasteiger charge is -2.03. The number of amidine groups is 2. The molecular formula is C38H36N6S. The predicted octanol–water partition coefficient (Wildman–Crippen LogP) is 8.09. The molecule has 0 saturated heterocycles. The standard InChI is InChI=1S/C32H30N6S.C6H6/c1-23-15-19-27(20-16-23)33-29(25-11-7-5-8-12-25)35-31-37(3)32(39-38(31)4)36-30(26-13-9-6-10-14-26)34-28-21-17-24(2)18-22-28;1-2-4-6-5-3-1/h5-22H,1-4H3;1-6H. The van der Waals surface area contributed by atoms with E-state index in [0.29, 0.717) is 11.7 Å². The average molecular weight is 609 g/mol. The Morgan fingerprint density at radius 3 is 1.29 bits per heavy atom. The first-order valence-corrected chi connectivity index (χ1v) is 15.5. The molecule has 1 aromatic heterocycles. The molecule has 0 N–H and O–H groups in total. The largest absolute Gasteiger partial charge is 0.289 e. The third-order valence-electron chi connectivity index (χ3n) is 6.76. The maximum absolute atomic E-state index is 5.03. The van der Waals surface area contributed by atoms with Crippen molar-refractivity contribution >= 4 is 34.6 Å². The molecule has 224 valence electrons. The van der Waals surface area contributed by atoms with Crippen molar-refractivity contribution in [3.8, 4) is 0 Å². The van der Waals surface area contributed by atoms with Gasteiger partial charge in [-0.05, 0) is 49.6 Å². The van der Waals surface area contributed by atoms with Gasteiger partial charge in [0.15, 0.2) is 11.7 Å². The molecule has 6 aromatic rings. The van der Waals surface area contributed by atoms with Crippen LogP contribution in [-0.4, -0.2) is 20.2 Å². The lowest BCUT2D eigenvalue weighted by Crippen LogP contribution is -2.29. The van der Waals surface area contributed by atoms with Crippen LogP contribution in [-0.2, 0) is 14.1 Å². The molecule has 0 saturated carbocycles. The maximum Gasteiger partial charge on any atom is 0.222 e. The smallest absolute Gasteiger partial charge is 0.222 e. The number of hydrogen-bond acceptors (Lipinski definition) is 3. The van der Waals surface area contributed by atoms with Crippen molar-refractivity contribution in [1.29, 1.82) is 0 Å². The number of rotatable bonds is 4. The molecule has 1 heterocycles. The highest BCUT2D eigenvalue weighted by Crippen LogP contribution is 2.17. The summed E-state index contributed by atoms with van der Waals surface area (Å²) >= 11 is 1.51. The number of aliphatic imine (C=N–C) groups is 2. The van der Waals surface area contributed by atoms with E-state index in [4.69, 9.17) is 20.0 Å². The van der Waals surface area contributed by atoms with Gasteiger partial charge in [-0.15, -0.1) is 0 Å². The van der Waals surface area contributed by atoms with Crippen LogP contribution in [0.3, 0.4) is 0 Å². The fraction of sp³-hybridized carbons (Fsp3) is 0.105. The van der Waals surface area contributed by atoms with Crippen molar-refractivity contribution in [2.24, 2.45) is 34.1 Å². The highest BCUT2D eigenvalue weighted by atomic mass is 32.1. The zero-order chi connectivity index (χ0) is 31.4. The molecule has 6 rings (SSSR count). The van der Waals surface area contributed by atoms with Gasteiger partial charge in [-0.1, -0.05) is 132 Å². The van der Waals surface area contributed by atoms with Crippen LogP contribution in [0.15, 0.2) is 166 Å². The third-order valence-corrected chi connectivity index (χ3v) is 7.73. The molecule has 0 atom stereocenters. The highest BCUT2D eigenvalue weighted by Gasteiger charge is 2.09. The Labute approximate surface area is 268 Å². The first-order chi connectivity index (χ1) is 22.0. The van der Waals surface area contributed by atoms with Gasteiger partial charge in [0.1, 0.15) is 0 Å². The van der Waals surface area contributed by atoms with Crippen molar-refractivity contribution in [2.45, 2.75) is 13.8 Å². The quantitative estimate of drug-likeness (QED) is 0.144. The van der Waals surface area contributed by atoms with Gasteiger partial charge in [0.25, 0.3) is 0 Å². The molecule has 7 heteroatoms. The van der Waals surface area contributed by atoms with Crippen LogP contribution in [0.2, 0.25) is 0 Å². The lowest BCUT2D eigenvalue weighted by atomic mass is 10.2. The number of benzene rings is 5. The van der Waals surface area contributed by atoms with E-state index in [9.17, 15) is 0 Å². The molecule has 0 spiro atoms. The van der Waals surface area contributed by atoms with E-state index in [2.05, 4.69) is 38.1 Å². The van der Waals surface area contributed by atoms with Gasteiger partial charge >= 0.3 is 0 Å². The van der Waals surface area contributed by atoms with Crippen molar-refractivity contribution in [3.05, 3.63) is 178 Å². The Balaban J connectivity index is 0.000000598. The van der Waals surface area contributed by atoms with E-state index in [1.807, 2.05) is 144 Å². The fourth-order valence-electron chi connectivity index (χ4n) is 4.30. The summed E-state index contributed by atoms with van der Waals surface area (Å²) in [6, 6.07) is 48.3. The minimum absolute atomic E-state index is 0.631. The monoisotopic (exact) mass is 608 g/mol. The van der Waals surface area contributed by atoms with Gasteiger partial charge in [0.05, 0.1) is 11.4 Å². The summed E-state index contributed by atoms with van der Waals surface area (Å²) in [6.07, 6.45) is 0. The van der Waals surface area contributed by atoms with Crippen LogP contribution in [0, 0.1) is 13.8 Å². The van der Waals surface area contributed by atoms with Crippen molar-refractivity contribution < 1.29 is 0 Å². The van der Waals surface area contributed by atoms with E-state index >= 15 is 0 Å². The molecule has 5 aromatic carbocycles. The molecule has 0 amide bonds. The Morgan fingerprint density at radius 1 is 0.489 bits per heavy atom. The van der Waals surface area contributed by atoms with E-state index in [-0.39, 0.29) is 0 Å². The topological polar surface area (TPSA) is 59.3 Å². The number of aromatic nitrogens is 2.